The molecular weight excluding hydrogens is 462 g/mol. The monoisotopic (exact) mass is 525 g/mol. The maximum atomic E-state index is 4.10. The summed E-state index contributed by atoms with van der Waals surface area (Å²) in [5.74, 6) is 3.91. The molecule has 0 spiro atoms. The normalized spacial score (nSPS) is 14.2. The molecule has 0 aliphatic rings. The van der Waals surface area contributed by atoms with Crippen LogP contribution in [0.15, 0.2) is 12.1 Å². The zero-order chi connectivity index (χ0) is 29.0. The standard InChI is InChI=1S/C35H63NSi/c1-17-18-19-20-29(21-22-37(25(2)3,26(4)5)27(6)7)36-32-30(34(11,12)13)23-28(33(8,9)10)24-31(32)35(14,15)16/h23-27,29,36H,17-20H2,1-16H3. The van der Waals surface area contributed by atoms with E-state index in [4.69, 9.17) is 0 Å². The molecule has 1 atom stereocenters. The lowest BCUT2D eigenvalue weighted by atomic mass is 9.74. The molecule has 0 saturated heterocycles. The van der Waals surface area contributed by atoms with Gasteiger partial charge in [-0.05, 0) is 56.0 Å². The Labute approximate surface area is 234 Å². The smallest absolute Gasteiger partial charge is 0.146 e. The van der Waals surface area contributed by atoms with Crippen LogP contribution >= 0.6 is 0 Å². The van der Waals surface area contributed by atoms with Crippen LogP contribution < -0.4 is 5.32 Å². The van der Waals surface area contributed by atoms with Crippen molar-refractivity contribution in [3.05, 3.63) is 28.8 Å². The molecule has 1 N–H and O–H groups in total. The van der Waals surface area contributed by atoms with Gasteiger partial charge in [0.1, 0.15) is 8.07 Å². The van der Waals surface area contributed by atoms with Crippen LogP contribution in [0.2, 0.25) is 16.6 Å². The highest BCUT2D eigenvalue weighted by atomic mass is 28.3. The summed E-state index contributed by atoms with van der Waals surface area (Å²) in [5, 5.41) is 4.10. The summed E-state index contributed by atoms with van der Waals surface area (Å²) in [5.41, 5.74) is 11.8. The van der Waals surface area contributed by atoms with Gasteiger partial charge in [-0.3, -0.25) is 0 Å². The Bertz CT molecular complexity index is 862. The zero-order valence-corrected chi connectivity index (χ0v) is 28.8. The average molecular weight is 526 g/mol. The second-order valence-electron chi connectivity index (χ2n) is 15.6. The molecule has 0 heterocycles. The van der Waals surface area contributed by atoms with Crippen molar-refractivity contribution in [2.75, 3.05) is 5.32 Å². The van der Waals surface area contributed by atoms with Crippen LogP contribution in [0.4, 0.5) is 5.69 Å². The molecule has 1 aromatic rings. The number of nitrogens with one attached hydrogen (secondary N) is 1. The number of benzene rings is 1. The van der Waals surface area contributed by atoms with E-state index in [1.807, 2.05) is 0 Å². The first kappa shape index (κ1) is 33.8. The van der Waals surface area contributed by atoms with E-state index < -0.39 is 8.07 Å². The summed E-state index contributed by atoms with van der Waals surface area (Å²) < 4.78 is 0. The molecule has 0 aliphatic heterocycles. The fraction of sp³-hybridized carbons (Fsp3) is 0.771. The average Bonchev–Trinajstić information content (AvgIpc) is 2.70. The van der Waals surface area contributed by atoms with Gasteiger partial charge in [-0.2, -0.15) is 0 Å². The van der Waals surface area contributed by atoms with Gasteiger partial charge in [0.05, 0.1) is 6.04 Å². The molecule has 37 heavy (non-hydrogen) atoms. The topological polar surface area (TPSA) is 12.0 Å². The van der Waals surface area contributed by atoms with Gasteiger partial charge in [-0.25, -0.2) is 0 Å². The van der Waals surface area contributed by atoms with Crippen LogP contribution in [0.3, 0.4) is 0 Å². The maximum absolute atomic E-state index is 4.10. The van der Waals surface area contributed by atoms with Crippen molar-refractivity contribution in [2.45, 2.75) is 175 Å². The quantitative estimate of drug-likeness (QED) is 0.192. The highest BCUT2D eigenvalue weighted by molar-refractivity contribution is 6.90. The zero-order valence-electron chi connectivity index (χ0n) is 27.8. The summed E-state index contributed by atoms with van der Waals surface area (Å²) in [6.45, 7) is 38.0. The van der Waals surface area contributed by atoms with Crippen molar-refractivity contribution in [1.29, 1.82) is 0 Å². The minimum atomic E-state index is -1.79. The fourth-order valence-electron chi connectivity index (χ4n) is 6.01. The second-order valence-corrected chi connectivity index (χ2v) is 21.1. The Morgan fingerprint density at radius 2 is 1.14 bits per heavy atom. The van der Waals surface area contributed by atoms with Gasteiger partial charge >= 0.3 is 0 Å². The molecule has 1 aromatic carbocycles. The Hall–Kier alpha value is -1.20. The number of unbranched alkanes of at least 4 members (excludes halogenated alkanes) is 2. The van der Waals surface area contributed by atoms with Crippen molar-refractivity contribution in [3.63, 3.8) is 0 Å². The van der Waals surface area contributed by atoms with E-state index >= 15 is 0 Å². The van der Waals surface area contributed by atoms with E-state index in [9.17, 15) is 0 Å². The Morgan fingerprint density at radius 3 is 1.46 bits per heavy atom. The van der Waals surface area contributed by atoms with Gasteiger partial charge in [-0.1, -0.05) is 148 Å². The van der Waals surface area contributed by atoms with E-state index in [1.54, 1.807) is 0 Å². The van der Waals surface area contributed by atoms with E-state index in [2.05, 4.69) is 140 Å². The first-order valence-electron chi connectivity index (χ1n) is 15.2. The van der Waals surface area contributed by atoms with Crippen LogP contribution in [0.5, 0.6) is 0 Å². The van der Waals surface area contributed by atoms with Crippen molar-refractivity contribution in [1.82, 2.24) is 0 Å². The molecule has 0 aromatic heterocycles. The largest absolute Gasteiger partial charge is 0.371 e. The molecule has 0 radical (unpaired) electrons. The van der Waals surface area contributed by atoms with Crippen molar-refractivity contribution >= 4 is 13.8 Å². The first-order chi connectivity index (χ1) is 16.7. The molecule has 0 fully saturated rings. The van der Waals surface area contributed by atoms with E-state index in [1.165, 1.54) is 41.6 Å². The third-order valence-corrected chi connectivity index (χ3v) is 14.7. The molecule has 0 amide bonds. The lowest BCUT2D eigenvalue weighted by Gasteiger charge is -2.38. The van der Waals surface area contributed by atoms with E-state index in [0.29, 0.717) is 16.6 Å². The molecule has 0 aliphatic carbocycles. The molecule has 1 nitrogen and oxygen atoms in total. The summed E-state index contributed by atoms with van der Waals surface area (Å²) in [4.78, 5) is 0. The summed E-state index contributed by atoms with van der Waals surface area (Å²) in [7, 11) is -1.79. The van der Waals surface area contributed by atoms with Gasteiger partial charge in [0.2, 0.25) is 0 Å². The van der Waals surface area contributed by atoms with E-state index in [0.717, 1.165) is 6.42 Å². The van der Waals surface area contributed by atoms with Crippen molar-refractivity contribution < 1.29 is 0 Å². The molecule has 212 valence electrons. The predicted molar refractivity (Wildman–Crippen MR) is 173 cm³/mol. The lowest BCUT2D eigenvalue weighted by molar-refractivity contribution is 0.548. The second kappa shape index (κ2) is 12.8. The number of hydrogen-bond donors (Lipinski definition) is 1. The maximum Gasteiger partial charge on any atom is 0.146 e. The summed E-state index contributed by atoms with van der Waals surface area (Å²) >= 11 is 0. The number of anilines is 1. The molecular formula is C35H63NSi. The van der Waals surface area contributed by atoms with Crippen LogP contribution in [-0.4, -0.2) is 14.1 Å². The predicted octanol–water partition coefficient (Wildman–Crippen LogP) is 11.2. The van der Waals surface area contributed by atoms with Crippen LogP contribution in [-0.2, 0) is 16.2 Å². The SMILES string of the molecule is CCCCCC(C#C[Si](C(C)C)(C(C)C)C(C)C)Nc1c(C(C)(C)C)cc(C(C)(C)C)cc1C(C)(C)C. The molecule has 1 unspecified atom stereocenters. The van der Waals surface area contributed by atoms with Gasteiger partial charge in [-0.15, -0.1) is 5.54 Å². The van der Waals surface area contributed by atoms with Crippen LogP contribution in [0.25, 0.3) is 0 Å². The Morgan fingerprint density at radius 1 is 0.703 bits per heavy atom. The fourth-order valence-corrected chi connectivity index (χ4v) is 11.3. The summed E-state index contributed by atoms with van der Waals surface area (Å²) in [6.07, 6.45) is 4.83. The number of hydrogen-bond acceptors (Lipinski definition) is 1. The van der Waals surface area contributed by atoms with Crippen molar-refractivity contribution in [2.24, 2.45) is 0 Å². The molecule has 0 saturated carbocycles. The molecule has 1 rings (SSSR count). The van der Waals surface area contributed by atoms with E-state index in [-0.39, 0.29) is 22.3 Å². The number of rotatable bonds is 9. The van der Waals surface area contributed by atoms with Gasteiger partial charge in [0.25, 0.3) is 0 Å². The minimum absolute atomic E-state index is 0.0390. The third-order valence-electron chi connectivity index (χ3n) is 8.36. The minimum Gasteiger partial charge on any atom is -0.371 e. The Kier molecular flexibility index (Phi) is 11.7. The highest BCUT2D eigenvalue weighted by Crippen LogP contribution is 2.43. The Balaban J connectivity index is 3.87. The third kappa shape index (κ3) is 8.65. The van der Waals surface area contributed by atoms with Crippen LogP contribution in [0, 0.1) is 11.5 Å². The van der Waals surface area contributed by atoms with Gasteiger partial charge in [0, 0.05) is 5.69 Å². The van der Waals surface area contributed by atoms with Crippen molar-refractivity contribution in [3.8, 4) is 11.5 Å². The van der Waals surface area contributed by atoms with Crippen LogP contribution in [0.1, 0.15) is 153 Å². The van der Waals surface area contributed by atoms with Gasteiger partial charge in [0.15, 0.2) is 0 Å². The van der Waals surface area contributed by atoms with Gasteiger partial charge < -0.3 is 5.32 Å². The highest BCUT2D eigenvalue weighted by Gasteiger charge is 2.42. The first-order valence-corrected chi connectivity index (χ1v) is 17.4. The molecule has 0 bridgehead atoms. The molecule has 2 heteroatoms. The lowest BCUT2D eigenvalue weighted by Crippen LogP contribution is -2.43. The summed E-state index contributed by atoms with van der Waals surface area (Å²) in [6, 6.07) is 5.13.